The molecule has 1 aliphatic carbocycles. The Kier molecular flexibility index (Phi) is 8.31. The Hall–Kier alpha value is -4.17. The van der Waals surface area contributed by atoms with Gasteiger partial charge in [0.2, 0.25) is 0 Å². The van der Waals surface area contributed by atoms with Crippen molar-refractivity contribution < 1.29 is 28.6 Å². The summed E-state index contributed by atoms with van der Waals surface area (Å²) in [7, 11) is 0. The maximum Gasteiger partial charge on any atom is 0.516 e. The summed E-state index contributed by atoms with van der Waals surface area (Å²) in [5, 5.41) is 2.50. The Labute approximate surface area is 209 Å². The number of ether oxygens (including phenoxy) is 3. The SMILES string of the molecule is NCCC[C@@H](NC(=O)OCC1c2ccccc2-c2ccccc21)C(=O)OC(=O)OCc1ccccc1. The summed E-state index contributed by atoms with van der Waals surface area (Å²) >= 11 is 0. The van der Waals surface area contributed by atoms with Crippen LogP contribution in [-0.2, 0) is 25.6 Å². The molecule has 0 aromatic heterocycles. The fraction of sp³-hybridized carbons (Fsp3) is 0.250. The van der Waals surface area contributed by atoms with E-state index in [2.05, 4.69) is 5.32 Å². The van der Waals surface area contributed by atoms with Crippen molar-refractivity contribution in [2.24, 2.45) is 5.73 Å². The molecule has 0 saturated carbocycles. The smallest absolute Gasteiger partial charge is 0.449 e. The fourth-order valence-corrected chi connectivity index (χ4v) is 4.25. The van der Waals surface area contributed by atoms with Crippen LogP contribution in [0.1, 0.15) is 35.4 Å². The molecule has 4 rings (SSSR count). The van der Waals surface area contributed by atoms with Crippen molar-refractivity contribution in [1.82, 2.24) is 5.32 Å². The molecule has 186 valence electrons. The number of amides is 1. The number of carbonyl (C=O) groups is 3. The second-order valence-electron chi connectivity index (χ2n) is 8.40. The molecule has 1 aliphatic rings. The molecule has 3 aromatic rings. The number of esters is 1. The molecule has 0 spiro atoms. The quantitative estimate of drug-likeness (QED) is 0.336. The summed E-state index contributed by atoms with van der Waals surface area (Å²) in [6.07, 6.45) is -1.31. The van der Waals surface area contributed by atoms with Gasteiger partial charge in [-0.1, -0.05) is 78.9 Å². The normalized spacial score (nSPS) is 12.7. The van der Waals surface area contributed by atoms with Gasteiger partial charge in [0, 0.05) is 5.92 Å². The van der Waals surface area contributed by atoms with Crippen LogP contribution in [0.2, 0.25) is 0 Å². The summed E-state index contributed by atoms with van der Waals surface area (Å²) in [5.41, 5.74) is 10.7. The predicted octanol–water partition coefficient (Wildman–Crippen LogP) is 4.51. The second-order valence-corrected chi connectivity index (χ2v) is 8.40. The number of benzene rings is 3. The average molecular weight is 489 g/mol. The van der Waals surface area contributed by atoms with E-state index in [1.807, 2.05) is 54.6 Å². The third-order valence-electron chi connectivity index (χ3n) is 6.00. The van der Waals surface area contributed by atoms with Crippen molar-refractivity contribution in [3.05, 3.63) is 95.6 Å². The summed E-state index contributed by atoms with van der Waals surface area (Å²) in [4.78, 5) is 37.2. The van der Waals surface area contributed by atoms with Gasteiger partial charge in [0.1, 0.15) is 19.3 Å². The lowest BCUT2D eigenvalue weighted by atomic mass is 9.98. The fourth-order valence-electron chi connectivity index (χ4n) is 4.25. The summed E-state index contributed by atoms with van der Waals surface area (Å²) in [6, 6.07) is 23.9. The lowest BCUT2D eigenvalue weighted by molar-refractivity contribution is -0.142. The van der Waals surface area contributed by atoms with Crippen LogP contribution in [0.25, 0.3) is 11.1 Å². The van der Waals surface area contributed by atoms with E-state index >= 15 is 0 Å². The molecule has 0 radical (unpaired) electrons. The van der Waals surface area contributed by atoms with Crippen LogP contribution in [0.15, 0.2) is 78.9 Å². The molecular weight excluding hydrogens is 460 g/mol. The molecule has 0 fully saturated rings. The summed E-state index contributed by atoms with van der Waals surface area (Å²) in [5.74, 6) is -1.06. The van der Waals surface area contributed by atoms with Crippen LogP contribution in [0.4, 0.5) is 9.59 Å². The number of carbonyl (C=O) groups excluding carboxylic acids is 3. The number of nitrogens with one attached hydrogen (secondary N) is 1. The number of hydrogen-bond donors (Lipinski definition) is 2. The van der Waals surface area contributed by atoms with E-state index in [-0.39, 0.29) is 25.6 Å². The predicted molar refractivity (Wildman–Crippen MR) is 133 cm³/mol. The Morgan fingerprint density at radius 3 is 2.08 bits per heavy atom. The molecular formula is C28H28N2O6. The van der Waals surface area contributed by atoms with Gasteiger partial charge in [-0.2, -0.15) is 0 Å². The molecule has 0 bridgehead atoms. The molecule has 8 nitrogen and oxygen atoms in total. The molecule has 1 amide bonds. The number of fused-ring (bicyclic) bond motifs is 3. The van der Waals surface area contributed by atoms with Crippen LogP contribution in [0, 0.1) is 0 Å². The molecule has 0 heterocycles. The Balaban J connectivity index is 1.33. The zero-order chi connectivity index (χ0) is 25.3. The minimum Gasteiger partial charge on any atom is -0.449 e. The third-order valence-corrected chi connectivity index (χ3v) is 6.00. The van der Waals surface area contributed by atoms with Gasteiger partial charge in [-0.3, -0.25) is 0 Å². The zero-order valence-electron chi connectivity index (χ0n) is 19.7. The highest BCUT2D eigenvalue weighted by atomic mass is 16.7. The van der Waals surface area contributed by atoms with E-state index in [0.717, 1.165) is 27.8 Å². The number of hydrogen-bond acceptors (Lipinski definition) is 7. The van der Waals surface area contributed by atoms with Crippen LogP contribution in [-0.4, -0.2) is 37.4 Å². The van der Waals surface area contributed by atoms with Crippen LogP contribution >= 0.6 is 0 Å². The third kappa shape index (κ3) is 6.09. The Morgan fingerprint density at radius 2 is 1.44 bits per heavy atom. The van der Waals surface area contributed by atoms with E-state index < -0.39 is 24.3 Å². The molecule has 36 heavy (non-hydrogen) atoms. The first-order valence-electron chi connectivity index (χ1n) is 11.8. The van der Waals surface area contributed by atoms with Gasteiger partial charge >= 0.3 is 18.2 Å². The standard InChI is InChI=1S/C28H28N2O6/c29-16-8-15-25(26(31)36-28(33)35-17-19-9-2-1-3-10-19)30-27(32)34-18-24-22-13-6-4-11-20(22)21-12-5-7-14-23(21)24/h1-7,9-14,24-25H,8,15-18,29H2,(H,30,32)/t25-/m1/s1. The van der Waals surface area contributed by atoms with Crippen molar-refractivity contribution >= 4 is 18.2 Å². The average Bonchev–Trinajstić information content (AvgIpc) is 3.23. The molecule has 0 aliphatic heterocycles. The molecule has 3 N–H and O–H groups in total. The maximum atomic E-state index is 12.6. The zero-order valence-corrected chi connectivity index (χ0v) is 19.7. The van der Waals surface area contributed by atoms with Crippen LogP contribution < -0.4 is 11.1 Å². The maximum absolute atomic E-state index is 12.6. The van der Waals surface area contributed by atoms with E-state index in [1.165, 1.54) is 0 Å². The first-order valence-corrected chi connectivity index (χ1v) is 11.8. The van der Waals surface area contributed by atoms with Crippen molar-refractivity contribution in [3.8, 4) is 11.1 Å². The van der Waals surface area contributed by atoms with Crippen molar-refractivity contribution in [2.45, 2.75) is 31.4 Å². The van der Waals surface area contributed by atoms with Gasteiger partial charge in [0.25, 0.3) is 0 Å². The number of alkyl carbamates (subject to hydrolysis) is 1. The minimum atomic E-state index is -1.14. The minimum absolute atomic E-state index is 0.0414. The number of nitrogens with two attached hydrogens (primary N) is 1. The highest BCUT2D eigenvalue weighted by Crippen LogP contribution is 2.44. The summed E-state index contributed by atoms with van der Waals surface area (Å²) < 4.78 is 15.3. The van der Waals surface area contributed by atoms with Gasteiger partial charge in [0.05, 0.1) is 0 Å². The molecule has 3 aromatic carbocycles. The van der Waals surface area contributed by atoms with Gasteiger partial charge in [-0.25, -0.2) is 14.4 Å². The van der Waals surface area contributed by atoms with Crippen molar-refractivity contribution in [1.29, 1.82) is 0 Å². The van der Waals surface area contributed by atoms with E-state index in [4.69, 9.17) is 19.9 Å². The Morgan fingerprint density at radius 1 is 0.833 bits per heavy atom. The van der Waals surface area contributed by atoms with Gasteiger partial charge < -0.3 is 25.3 Å². The second kappa shape index (κ2) is 12.0. The number of rotatable bonds is 9. The molecule has 1 atom stereocenters. The van der Waals surface area contributed by atoms with Crippen molar-refractivity contribution in [3.63, 3.8) is 0 Å². The van der Waals surface area contributed by atoms with Crippen LogP contribution in [0.3, 0.4) is 0 Å². The van der Waals surface area contributed by atoms with E-state index in [1.54, 1.807) is 24.3 Å². The van der Waals surface area contributed by atoms with Gasteiger partial charge in [0.15, 0.2) is 0 Å². The monoisotopic (exact) mass is 488 g/mol. The van der Waals surface area contributed by atoms with Gasteiger partial charge in [-0.15, -0.1) is 0 Å². The molecule has 0 unspecified atom stereocenters. The Bertz CT molecular complexity index is 1170. The van der Waals surface area contributed by atoms with E-state index in [9.17, 15) is 14.4 Å². The lowest BCUT2D eigenvalue weighted by Crippen LogP contribution is -2.43. The summed E-state index contributed by atoms with van der Waals surface area (Å²) in [6.45, 7) is 0.354. The van der Waals surface area contributed by atoms with E-state index in [0.29, 0.717) is 13.0 Å². The van der Waals surface area contributed by atoms with Gasteiger partial charge in [-0.05, 0) is 47.2 Å². The topological polar surface area (TPSA) is 117 Å². The lowest BCUT2D eigenvalue weighted by Gasteiger charge is -2.18. The van der Waals surface area contributed by atoms with Crippen LogP contribution in [0.5, 0.6) is 0 Å². The first-order chi connectivity index (χ1) is 17.6. The highest BCUT2D eigenvalue weighted by molar-refractivity contribution is 5.88. The van der Waals surface area contributed by atoms with Crippen molar-refractivity contribution in [2.75, 3.05) is 13.2 Å². The molecule has 8 heteroatoms. The highest BCUT2D eigenvalue weighted by Gasteiger charge is 2.30. The molecule has 0 saturated heterocycles. The first kappa shape index (κ1) is 24.9. The largest absolute Gasteiger partial charge is 0.516 e.